The van der Waals surface area contributed by atoms with E-state index in [9.17, 15) is 0 Å². The molecule has 0 atom stereocenters. The smallest absolute Gasteiger partial charge is 0.228 e. The predicted octanol–water partition coefficient (Wildman–Crippen LogP) is 1.02. The molecule has 0 saturated carbocycles. The van der Waals surface area contributed by atoms with Gasteiger partial charge in [0.15, 0.2) is 0 Å². The lowest BCUT2D eigenvalue weighted by Gasteiger charge is -2.35. The molecule has 0 aromatic carbocycles. The first-order valence-corrected chi connectivity index (χ1v) is 5.99. The third-order valence-electron chi connectivity index (χ3n) is 3.30. The van der Waals surface area contributed by atoms with Crippen molar-refractivity contribution in [3.05, 3.63) is 12.3 Å². The quantitative estimate of drug-likeness (QED) is 0.783. The van der Waals surface area contributed by atoms with Crippen LogP contribution >= 0.6 is 0 Å². The van der Waals surface area contributed by atoms with E-state index in [-0.39, 0.29) is 0 Å². The van der Waals surface area contributed by atoms with E-state index in [1.807, 2.05) is 0 Å². The molecule has 0 aliphatic carbocycles. The van der Waals surface area contributed by atoms with Crippen molar-refractivity contribution in [3.63, 3.8) is 0 Å². The third kappa shape index (κ3) is 2.85. The molecular formula is C12H20N4O. The van der Waals surface area contributed by atoms with E-state index in [1.165, 1.54) is 0 Å². The van der Waals surface area contributed by atoms with Gasteiger partial charge in [0.05, 0.1) is 7.11 Å². The first-order chi connectivity index (χ1) is 8.20. The van der Waals surface area contributed by atoms with E-state index in [0.29, 0.717) is 11.9 Å². The maximum absolute atomic E-state index is 5.12. The molecule has 17 heavy (non-hydrogen) atoms. The van der Waals surface area contributed by atoms with Crippen LogP contribution in [-0.2, 0) is 0 Å². The second-order valence-corrected chi connectivity index (χ2v) is 4.58. The summed E-state index contributed by atoms with van der Waals surface area (Å²) in [6, 6.07) is 2.45. The zero-order valence-electron chi connectivity index (χ0n) is 10.8. The summed E-state index contributed by atoms with van der Waals surface area (Å²) in [5, 5.41) is 0. The van der Waals surface area contributed by atoms with Gasteiger partial charge in [0, 0.05) is 31.4 Å². The fourth-order valence-corrected chi connectivity index (χ4v) is 2.18. The Labute approximate surface area is 102 Å². The summed E-state index contributed by atoms with van der Waals surface area (Å²) in [6.07, 6.45) is 4.07. The Morgan fingerprint density at radius 3 is 2.65 bits per heavy atom. The van der Waals surface area contributed by atoms with Gasteiger partial charge in [-0.05, 0) is 26.9 Å². The average Bonchev–Trinajstić information content (AvgIpc) is 2.39. The molecule has 0 radical (unpaired) electrons. The number of anilines is 1. The number of hydrogen-bond acceptors (Lipinski definition) is 5. The summed E-state index contributed by atoms with van der Waals surface area (Å²) in [7, 11) is 5.91. The van der Waals surface area contributed by atoms with E-state index in [4.69, 9.17) is 4.74 Å². The molecular weight excluding hydrogens is 216 g/mol. The highest BCUT2D eigenvalue weighted by Gasteiger charge is 2.22. The second-order valence-electron chi connectivity index (χ2n) is 4.58. The molecule has 0 N–H and O–H groups in total. The van der Waals surface area contributed by atoms with Crippen LogP contribution < -0.4 is 9.64 Å². The summed E-state index contributed by atoms with van der Waals surface area (Å²) in [6.45, 7) is 2.02. The van der Waals surface area contributed by atoms with Crippen LogP contribution in [0.15, 0.2) is 12.3 Å². The first-order valence-electron chi connectivity index (χ1n) is 5.99. The minimum atomic E-state index is 0.629. The van der Waals surface area contributed by atoms with Gasteiger partial charge in [-0.2, -0.15) is 4.98 Å². The van der Waals surface area contributed by atoms with Crippen molar-refractivity contribution in [1.29, 1.82) is 0 Å². The van der Waals surface area contributed by atoms with Crippen molar-refractivity contribution in [2.45, 2.75) is 18.9 Å². The Bertz CT molecular complexity index is 361. The Balaban J connectivity index is 2.00. The van der Waals surface area contributed by atoms with Crippen molar-refractivity contribution in [3.8, 4) is 5.88 Å². The van der Waals surface area contributed by atoms with Crippen LogP contribution in [0.25, 0.3) is 0 Å². The van der Waals surface area contributed by atoms with Crippen LogP contribution in [0.1, 0.15) is 12.8 Å². The Kier molecular flexibility index (Phi) is 3.78. The lowest BCUT2D eigenvalue weighted by Crippen LogP contribution is -2.42. The minimum absolute atomic E-state index is 0.629. The number of ether oxygens (including phenoxy) is 1. The largest absolute Gasteiger partial charge is 0.481 e. The lowest BCUT2D eigenvalue weighted by atomic mass is 10.0. The van der Waals surface area contributed by atoms with Gasteiger partial charge in [-0.3, -0.25) is 0 Å². The number of hydrogen-bond donors (Lipinski definition) is 0. The molecule has 2 rings (SSSR count). The summed E-state index contributed by atoms with van der Waals surface area (Å²) >= 11 is 0. The van der Waals surface area contributed by atoms with Crippen molar-refractivity contribution >= 4 is 5.95 Å². The number of aromatic nitrogens is 2. The topological polar surface area (TPSA) is 41.5 Å². The van der Waals surface area contributed by atoms with Crippen LogP contribution in [0.3, 0.4) is 0 Å². The molecule has 1 aliphatic rings. The van der Waals surface area contributed by atoms with Crippen molar-refractivity contribution in [2.75, 3.05) is 39.2 Å². The molecule has 1 aromatic heterocycles. The van der Waals surface area contributed by atoms with Crippen LogP contribution in [0.4, 0.5) is 5.95 Å². The Hall–Kier alpha value is -1.36. The molecule has 1 saturated heterocycles. The van der Waals surface area contributed by atoms with E-state index >= 15 is 0 Å². The van der Waals surface area contributed by atoms with E-state index in [0.717, 1.165) is 31.9 Å². The standard InChI is InChI=1S/C12H20N4O/c1-15(2)10-5-8-16(9-6-10)12-13-7-4-11(14-12)17-3/h4,7,10H,5-6,8-9H2,1-3H3. The molecule has 1 aliphatic heterocycles. The zero-order chi connectivity index (χ0) is 12.3. The molecule has 5 heteroatoms. The second kappa shape index (κ2) is 5.31. The monoisotopic (exact) mass is 236 g/mol. The molecule has 5 nitrogen and oxygen atoms in total. The fourth-order valence-electron chi connectivity index (χ4n) is 2.18. The molecule has 0 spiro atoms. The number of rotatable bonds is 3. The number of methoxy groups -OCH3 is 1. The Morgan fingerprint density at radius 2 is 2.06 bits per heavy atom. The predicted molar refractivity (Wildman–Crippen MR) is 67.5 cm³/mol. The Morgan fingerprint density at radius 1 is 1.35 bits per heavy atom. The van der Waals surface area contributed by atoms with E-state index < -0.39 is 0 Å². The SMILES string of the molecule is COc1ccnc(N2CCC(N(C)C)CC2)n1. The lowest BCUT2D eigenvalue weighted by molar-refractivity contribution is 0.248. The average molecular weight is 236 g/mol. The summed E-state index contributed by atoms with van der Waals surface area (Å²) in [4.78, 5) is 13.2. The molecule has 2 heterocycles. The molecule has 0 bridgehead atoms. The molecule has 1 fully saturated rings. The van der Waals surface area contributed by atoms with Gasteiger partial charge < -0.3 is 14.5 Å². The van der Waals surface area contributed by atoms with Crippen LogP contribution in [-0.4, -0.2) is 55.2 Å². The van der Waals surface area contributed by atoms with E-state index in [1.54, 1.807) is 19.4 Å². The van der Waals surface area contributed by atoms with Crippen LogP contribution in [0.2, 0.25) is 0 Å². The highest BCUT2D eigenvalue weighted by Crippen LogP contribution is 2.19. The molecule has 94 valence electrons. The first kappa shape index (κ1) is 12.1. The van der Waals surface area contributed by atoms with Crippen molar-refractivity contribution in [1.82, 2.24) is 14.9 Å². The van der Waals surface area contributed by atoms with Gasteiger partial charge in [0.1, 0.15) is 0 Å². The van der Waals surface area contributed by atoms with Gasteiger partial charge in [-0.25, -0.2) is 4.98 Å². The highest BCUT2D eigenvalue weighted by atomic mass is 16.5. The minimum Gasteiger partial charge on any atom is -0.481 e. The van der Waals surface area contributed by atoms with Crippen molar-refractivity contribution < 1.29 is 4.74 Å². The van der Waals surface area contributed by atoms with Crippen LogP contribution in [0, 0.1) is 0 Å². The van der Waals surface area contributed by atoms with E-state index in [2.05, 4.69) is 33.9 Å². The third-order valence-corrected chi connectivity index (χ3v) is 3.30. The molecule has 1 aromatic rings. The summed E-state index contributed by atoms with van der Waals surface area (Å²) < 4.78 is 5.12. The van der Waals surface area contributed by atoms with Gasteiger partial charge >= 0.3 is 0 Å². The summed E-state index contributed by atoms with van der Waals surface area (Å²) in [5.41, 5.74) is 0. The van der Waals surface area contributed by atoms with Gasteiger partial charge in [0.2, 0.25) is 11.8 Å². The van der Waals surface area contributed by atoms with Crippen molar-refractivity contribution in [2.24, 2.45) is 0 Å². The zero-order valence-corrected chi connectivity index (χ0v) is 10.8. The van der Waals surface area contributed by atoms with Gasteiger partial charge in [0.25, 0.3) is 0 Å². The maximum atomic E-state index is 5.12. The summed E-state index contributed by atoms with van der Waals surface area (Å²) in [5.74, 6) is 1.41. The highest BCUT2D eigenvalue weighted by molar-refractivity contribution is 5.32. The number of piperidine rings is 1. The fraction of sp³-hybridized carbons (Fsp3) is 0.667. The maximum Gasteiger partial charge on any atom is 0.228 e. The van der Waals surface area contributed by atoms with Crippen LogP contribution in [0.5, 0.6) is 5.88 Å². The van der Waals surface area contributed by atoms with Gasteiger partial charge in [-0.1, -0.05) is 0 Å². The molecule has 0 amide bonds. The molecule has 0 unspecified atom stereocenters. The number of nitrogens with zero attached hydrogens (tertiary/aromatic N) is 4. The van der Waals surface area contributed by atoms with Gasteiger partial charge in [-0.15, -0.1) is 0 Å². The normalized spacial score (nSPS) is 17.5.